The van der Waals surface area contributed by atoms with Crippen LogP contribution in [0.2, 0.25) is 0 Å². The Morgan fingerprint density at radius 3 is 3.07 bits per heavy atom. The highest BCUT2D eigenvalue weighted by Gasteiger charge is 2.25. The van der Waals surface area contributed by atoms with Crippen LogP contribution in [-0.2, 0) is 0 Å². The quantitative estimate of drug-likeness (QED) is 0.787. The predicted octanol–water partition coefficient (Wildman–Crippen LogP) is 1.24. The van der Waals surface area contributed by atoms with E-state index in [4.69, 9.17) is 10.8 Å². The number of aliphatic hydroxyl groups excluding tert-OH is 1. The largest absolute Gasteiger partial charge is 0.394 e. The SMILES string of the molecule is CC1CCC(n2cncc2C(N)CO)C1. The van der Waals surface area contributed by atoms with Crippen LogP contribution in [0.3, 0.4) is 0 Å². The molecular formula is C11H19N3O. The van der Waals surface area contributed by atoms with Crippen molar-refractivity contribution in [2.45, 2.75) is 38.3 Å². The summed E-state index contributed by atoms with van der Waals surface area (Å²) >= 11 is 0. The van der Waals surface area contributed by atoms with Crippen LogP contribution in [0, 0.1) is 5.92 Å². The molecule has 1 heterocycles. The first-order valence-corrected chi connectivity index (χ1v) is 5.60. The fourth-order valence-electron chi connectivity index (χ4n) is 2.43. The number of aromatic nitrogens is 2. The summed E-state index contributed by atoms with van der Waals surface area (Å²) in [7, 11) is 0. The molecular weight excluding hydrogens is 190 g/mol. The molecule has 0 aliphatic heterocycles. The minimum absolute atomic E-state index is 0.0199. The molecule has 1 aliphatic rings. The zero-order valence-corrected chi connectivity index (χ0v) is 9.13. The Bertz CT molecular complexity index is 323. The standard InChI is InChI=1S/C11H19N3O/c1-8-2-3-9(4-8)14-7-13-5-11(14)10(12)6-15/h5,7-10,15H,2-4,6,12H2,1H3. The van der Waals surface area contributed by atoms with Crippen molar-refractivity contribution in [3.8, 4) is 0 Å². The summed E-state index contributed by atoms with van der Waals surface area (Å²) in [5.41, 5.74) is 6.79. The molecule has 1 aromatic heterocycles. The summed E-state index contributed by atoms with van der Waals surface area (Å²) < 4.78 is 2.14. The minimum Gasteiger partial charge on any atom is -0.394 e. The van der Waals surface area contributed by atoms with Gasteiger partial charge in [0.05, 0.1) is 24.7 Å². The molecule has 4 nitrogen and oxygen atoms in total. The van der Waals surface area contributed by atoms with Crippen LogP contribution in [0.15, 0.2) is 12.5 Å². The Hall–Kier alpha value is -0.870. The lowest BCUT2D eigenvalue weighted by Gasteiger charge is -2.18. The Morgan fingerprint density at radius 2 is 2.47 bits per heavy atom. The molecule has 84 valence electrons. The third kappa shape index (κ3) is 2.06. The first-order valence-electron chi connectivity index (χ1n) is 5.60. The van der Waals surface area contributed by atoms with Crippen LogP contribution in [0.5, 0.6) is 0 Å². The van der Waals surface area contributed by atoms with Gasteiger partial charge in [-0.1, -0.05) is 6.92 Å². The van der Waals surface area contributed by atoms with Crippen molar-refractivity contribution in [3.63, 3.8) is 0 Å². The zero-order valence-electron chi connectivity index (χ0n) is 9.13. The molecule has 3 N–H and O–H groups in total. The minimum atomic E-state index is -0.302. The lowest BCUT2D eigenvalue weighted by atomic mass is 10.1. The maximum absolute atomic E-state index is 9.06. The normalized spacial score (nSPS) is 28.2. The van der Waals surface area contributed by atoms with Crippen LogP contribution < -0.4 is 5.73 Å². The molecule has 4 heteroatoms. The number of aliphatic hydroxyl groups is 1. The van der Waals surface area contributed by atoms with Gasteiger partial charge in [0.2, 0.25) is 0 Å². The van der Waals surface area contributed by atoms with Gasteiger partial charge < -0.3 is 15.4 Å². The van der Waals surface area contributed by atoms with Gasteiger partial charge in [-0.25, -0.2) is 4.98 Å². The summed E-state index contributed by atoms with van der Waals surface area (Å²) in [6.45, 7) is 2.26. The van der Waals surface area contributed by atoms with E-state index in [1.807, 2.05) is 6.33 Å². The van der Waals surface area contributed by atoms with E-state index in [-0.39, 0.29) is 12.6 Å². The molecule has 1 aliphatic carbocycles. The molecule has 1 saturated carbocycles. The molecule has 0 bridgehead atoms. The summed E-state index contributed by atoms with van der Waals surface area (Å²) in [6.07, 6.45) is 7.28. The van der Waals surface area contributed by atoms with Gasteiger partial charge in [-0.2, -0.15) is 0 Å². The second-order valence-electron chi connectivity index (χ2n) is 4.59. The topological polar surface area (TPSA) is 64.1 Å². The molecule has 3 atom stereocenters. The second kappa shape index (κ2) is 4.33. The number of nitrogens with two attached hydrogens (primary N) is 1. The summed E-state index contributed by atoms with van der Waals surface area (Å²) in [6, 6.07) is 0.221. The maximum Gasteiger partial charge on any atom is 0.0951 e. The van der Waals surface area contributed by atoms with Gasteiger partial charge in [-0.3, -0.25) is 0 Å². The maximum atomic E-state index is 9.06. The number of hydrogen-bond acceptors (Lipinski definition) is 3. The third-order valence-electron chi connectivity index (χ3n) is 3.33. The molecule has 0 saturated heterocycles. The van der Waals surface area contributed by atoms with Gasteiger partial charge in [-0.05, 0) is 25.2 Å². The van der Waals surface area contributed by atoms with Crippen molar-refractivity contribution in [1.82, 2.24) is 9.55 Å². The zero-order chi connectivity index (χ0) is 10.8. The fourth-order valence-corrected chi connectivity index (χ4v) is 2.43. The van der Waals surface area contributed by atoms with Crippen molar-refractivity contribution >= 4 is 0 Å². The van der Waals surface area contributed by atoms with Crippen molar-refractivity contribution in [2.75, 3.05) is 6.61 Å². The Labute approximate surface area is 90.1 Å². The van der Waals surface area contributed by atoms with Gasteiger partial charge in [0, 0.05) is 12.2 Å². The van der Waals surface area contributed by atoms with E-state index in [1.54, 1.807) is 6.20 Å². The monoisotopic (exact) mass is 209 g/mol. The van der Waals surface area contributed by atoms with Gasteiger partial charge in [0.25, 0.3) is 0 Å². The molecule has 0 spiro atoms. The van der Waals surface area contributed by atoms with Gasteiger partial charge >= 0.3 is 0 Å². The molecule has 0 amide bonds. The lowest BCUT2D eigenvalue weighted by Crippen LogP contribution is -2.20. The summed E-state index contributed by atoms with van der Waals surface area (Å²) in [4.78, 5) is 4.13. The number of imidazole rings is 1. The van der Waals surface area contributed by atoms with E-state index in [1.165, 1.54) is 19.3 Å². The van der Waals surface area contributed by atoms with Gasteiger partial charge in [0.15, 0.2) is 0 Å². The smallest absolute Gasteiger partial charge is 0.0951 e. The summed E-state index contributed by atoms with van der Waals surface area (Å²) in [5.74, 6) is 0.788. The van der Waals surface area contributed by atoms with Gasteiger partial charge in [0.1, 0.15) is 0 Å². The van der Waals surface area contributed by atoms with Crippen molar-refractivity contribution in [3.05, 3.63) is 18.2 Å². The van der Waals surface area contributed by atoms with E-state index >= 15 is 0 Å². The predicted molar refractivity (Wildman–Crippen MR) is 58.3 cm³/mol. The van der Waals surface area contributed by atoms with Crippen molar-refractivity contribution < 1.29 is 5.11 Å². The summed E-state index contributed by atoms with van der Waals surface area (Å²) in [5, 5.41) is 9.06. The molecule has 1 aromatic rings. The van der Waals surface area contributed by atoms with Crippen molar-refractivity contribution in [2.24, 2.45) is 11.7 Å². The average molecular weight is 209 g/mol. The van der Waals surface area contributed by atoms with Crippen molar-refractivity contribution in [1.29, 1.82) is 0 Å². The van der Waals surface area contributed by atoms with E-state index < -0.39 is 0 Å². The molecule has 15 heavy (non-hydrogen) atoms. The van der Waals surface area contributed by atoms with Crippen LogP contribution in [0.1, 0.15) is 44.0 Å². The Balaban J connectivity index is 2.17. The van der Waals surface area contributed by atoms with E-state index in [9.17, 15) is 0 Å². The van der Waals surface area contributed by atoms with E-state index in [0.717, 1.165) is 11.6 Å². The molecule has 1 fully saturated rings. The average Bonchev–Trinajstić information content (AvgIpc) is 2.84. The first kappa shape index (κ1) is 10.6. The van der Waals surface area contributed by atoms with Crippen LogP contribution in [0.4, 0.5) is 0 Å². The second-order valence-corrected chi connectivity index (χ2v) is 4.59. The lowest BCUT2D eigenvalue weighted by molar-refractivity contribution is 0.261. The first-order chi connectivity index (χ1) is 7.22. The van der Waals surface area contributed by atoms with E-state index in [2.05, 4.69) is 16.5 Å². The van der Waals surface area contributed by atoms with Crippen LogP contribution in [-0.4, -0.2) is 21.3 Å². The molecule has 0 aromatic carbocycles. The van der Waals surface area contributed by atoms with E-state index in [0.29, 0.717) is 6.04 Å². The van der Waals surface area contributed by atoms with Crippen LogP contribution >= 0.6 is 0 Å². The number of nitrogens with zero attached hydrogens (tertiary/aromatic N) is 2. The highest BCUT2D eigenvalue weighted by molar-refractivity contribution is 5.06. The Morgan fingerprint density at radius 1 is 1.67 bits per heavy atom. The third-order valence-corrected chi connectivity index (χ3v) is 3.33. The Kier molecular flexibility index (Phi) is 3.07. The molecule has 3 unspecified atom stereocenters. The number of hydrogen-bond donors (Lipinski definition) is 2. The van der Waals surface area contributed by atoms with Crippen LogP contribution in [0.25, 0.3) is 0 Å². The molecule has 2 rings (SSSR count). The molecule has 0 radical (unpaired) electrons. The highest BCUT2D eigenvalue weighted by atomic mass is 16.3. The fraction of sp³-hybridized carbons (Fsp3) is 0.727. The van der Waals surface area contributed by atoms with Gasteiger partial charge in [-0.15, -0.1) is 0 Å². The highest BCUT2D eigenvalue weighted by Crippen LogP contribution is 2.35. The number of rotatable bonds is 3.